The minimum absolute atomic E-state index is 0.0204. The van der Waals surface area contributed by atoms with E-state index < -0.39 is 11.5 Å². The van der Waals surface area contributed by atoms with Crippen molar-refractivity contribution in [3.63, 3.8) is 0 Å². The molecule has 2 aliphatic rings. The van der Waals surface area contributed by atoms with Gasteiger partial charge in [0.1, 0.15) is 19.0 Å². The Balaban J connectivity index is 0.716. The van der Waals surface area contributed by atoms with Crippen LogP contribution in [-0.2, 0) is 93.3 Å². The van der Waals surface area contributed by atoms with Crippen LogP contribution in [0.25, 0.3) is 22.3 Å². The molecule has 2 N–H and O–H groups in total. The maximum absolute atomic E-state index is 13.8. The molecule has 0 radical (unpaired) electrons. The van der Waals surface area contributed by atoms with E-state index in [1.165, 1.54) is 0 Å². The van der Waals surface area contributed by atoms with Gasteiger partial charge in [-0.2, -0.15) is 0 Å². The van der Waals surface area contributed by atoms with Gasteiger partial charge >= 0.3 is 12.1 Å². The Morgan fingerprint density at radius 3 is 1.86 bits per heavy atom. The molecule has 0 aliphatic carbocycles. The van der Waals surface area contributed by atoms with Gasteiger partial charge in [0, 0.05) is 46.7 Å². The number of hydrogen-bond acceptors (Lipinski definition) is 19. The number of carbonyl (C=O) groups excluding carboxylic acids is 3. The van der Waals surface area contributed by atoms with Gasteiger partial charge < -0.3 is 72.0 Å². The zero-order chi connectivity index (χ0) is 60.0. The van der Waals surface area contributed by atoms with E-state index in [0.717, 1.165) is 68.9 Å². The number of nitrogens with zero attached hydrogens (tertiary/aromatic N) is 2. The van der Waals surface area contributed by atoms with E-state index in [4.69, 9.17) is 61.8 Å². The maximum Gasteiger partial charge on any atom is 0.407 e. The fourth-order valence-corrected chi connectivity index (χ4v) is 11.2. The van der Waals surface area contributed by atoms with E-state index in [1.54, 1.807) is 26.2 Å². The van der Waals surface area contributed by atoms with Crippen molar-refractivity contribution in [3.05, 3.63) is 86.7 Å². The first-order valence-electron chi connectivity index (χ1n) is 29.6. The van der Waals surface area contributed by atoms with Crippen molar-refractivity contribution in [1.82, 2.24) is 20.2 Å². The SMILES string of the molecule is CCc1c2c(nc3ccc(OCCCNC(=O)OCc4ccc(SSC(C)(C)CNC(=O)CCOCCOCCOCCOCCOCCOCCOCCOCCOCCC(C)C)cc4)cc13)-c1cc3c(c(=O)n1C2)COC(=O)[C@]3(C)CC. The molecule has 4 aromatic rings. The highest BCUT2D eigenvalue weighted by Crippen LogP contribution is 2.42. The molecular formula is C62H90N4O16S2. The minimum Gasteiger partial charge on any atom is -0.494 e. The largest absolute Gasteiger partial charge is 0.494 e. The van der Waals surface area contributed by atoms with E-state index in [2.05, 4.69) is 45.3 Å². The zero-order valence-corrected chi connectivity index (χ0v) is 52.1. The molecule has 0 fully saturated rings. The Hall–Kier alpha value is -4.85. The van der Waals surface area contributed by atoms with Gasteiger partial charge in [-0.3, -0.25) is 14.4 Å². The summed E-state index contributed by atoms with van der Waals surface area (Å²) in [6.07, 6.45) is 2.63. The minimum atomic E-state index is -0.890. The Morgan fingerprint density at radius 2 is 1.30 bits per heavy atom. The van der Waals surface area contributed by atoms with Crippen molar-refractivity contribution in [3.8, 4) is 17.1 Å². The molecule has 0 unspecified atom stereocenters. The summed E-state index contributed by atoms with van der Waals surface area (Å²) in [5, 5.41) is 6.78. The summed E-state index contributed by atoms with van der Waals surface area (Å²) in [5.41, 5.74) is 5.51. The molecule has 466 valence electrons. The molecule has 6 rings (SSSR count). The first-order chi connectivity index (χ1) is 40.7. The number of esters is 1. The molecule has 4 heterocycles. The summed E-state index contributed by atoms with van der Waals surface area (Å²) < 4.78 is 68.3. The number of cyclic esters (lactones) is 1. The van der Waals surface area contributed by atoms with Crippen LogP contribution >= 0.6 is 21.6 Å². The number of benzene rings is 2. The highest BCUT2D eigenvalue weighted by Gasteiger charge is 2.43. The fraction of sp³-hybridized carbons (Fsp3) is 0.629. The van der Waals surface area contributed by atoms with Crippen molar-refractivity contribution in [2.75, 3.05) is 139 Å². The van der Waals surface area contributed by atoms with Crippen LogP contribution in [-0.4, -0.2) is 171 Å². The second-order valence-corrected chi connectivity index (χ2v) is 24.4. The molecule has 84 heavy (non-hydrogen) atoms. The predicted octanol–water partition coefficient (Wildman–Crippen LogP) is 8.63. The summed E-state index contributed by atoms with van der Waals surface area (Å²) >= 11 is 0. The number of fused-ring (bicyclic) bond motifs is 5. The smallest absolute Gasteiger partial charge is 0.407 e. The van der Waals surface area contributed by atoms with Gasteiger partial charge in [0.05, 0.1) is 153 Å². The topological polar surface area (TPSA) is 221 Å². The van der Waals surface area contributed by atoms with Crippen LogP contribution in [0.5, 0.6) is 5.75 Å². The van der Waals surface area contributed by atoms with Crippen LogP contribution in [0.1, 0.15) is 102 Å². The molecule has 0 bridgehead atoms. The summed E-state index contributed by atoms with van der Waals surface area (Å²) in [5.74, 6) is 0.956. The molecule has 2 aromatic carbocycles. The van der Waals surface area contributed by atoms with Crippen LogP contribution < -0.4 is 20.9 Å². The lowest BCUT2D eigenvalue weighted by molar-refractivity contribution is -0.153. The van der Waals surface area contributed by atoms with Crippen molar-refractivity contribution < 1.29 is 71.2 Å². The molecule has 0 spiro atoms. The number of nitrogens with one attached hydrogen (secondary N) is 2. The maximum atomic E-state index is 13.8. The molecule has 2 aliphatic heterocycles. The number of rotatable bonds is 44. The van der Waals surface area contributed by atoms with E-state index in [-0.39, 0.29) is 41.8 Å². The average molecular weight is 1210 g/mol. The standard InChI is InChI=1S/C62H90N4O16S2/c1-8-49-50-39-47(13-16-54(50)65-57-51(49)41-66-55(57)40-53-52(58(66)68)43-81-59(69)62(53,7)9-2)80-20-10-19-63-60(70)82-42-46-11-14-48(15-12-46)83-84-61(5,6)44-64-56(67)18-22-72-24-26-74-28-30-76-32-34-78-36-38-79-37-35-77-33-31-75-29-27-73-25-23-71-21-17-45(3)4/h11-16,39-40,45H,8-10,17-38,41-44H2,1-7H3,(H,63,70)(H,64,67)/t62-/m1/s1. The molecule has 22 heteroatoms. The first-order valence-corrected chi connectivity index (χ1v) is 31.7. The molecule has 0 saturated carbocycles. The Labute approximate surface area is 503 Å². The lowest BCUT2D eigenvalue weighted by Crippen LogP contribution is -2.42. The van der Waals surface area contributed by atoms with Crippen LogP contribution in [0.3, 0.4) is 0 Å². The molecular weight excluding hydrogens is 1120 g/mol. The number of pyridine rings is 2. The lowest BCUT2D eigenvalue weighted by Gasteiger charge is -2.33. The zero-order valence-electron chi connectivity index (χ0n) is 50.4. The number of carbonyl (C=O) groups is 3. The molecule has 20 nitrogen and oxygen atoms in total. The van der Waals surface area contributed by atoms with Crippen LogP contribution in [0, 0.1) is 5.92 Å². The van der Waals surface area contributed by atoms with Crippen molar-refractivity contribution >= 4 is 50.5 Å². The Kier molecular flexibility index (Phi) is 30.1. The fourth-order valence-electron chi connectivity index (χ4n) is 9.03. The Morgan fingerprint density at radius 1 is 0.726 bits per heavy atom. The van der Waals surface area contributed by atoms with E-state index >= 15 is 0 Å². The third-order valence-corrected chi connectivity index (χ3v) is 17.4. The highest BCUT2D eigenvalue weighted by atomic mass is 33.1. The first kappa shape index (κ1) is 68.3. The molecule has 2 amide bonds. The second-order valence-electron chi connectivity index (χ2n) is 21.5. The number of ether oxygens (including phenoxy) is 12. The number of aryl methyl sites for hydroxylation is 1. The van der Waals surface area contributed by atoms with Gasteiger partial charge in [-0.1, -0.05) is 61.4 Å². The summed E-state index contributed by atoms with van der Waals surface area (Å²) in [6.45, 7) is 25.1. The van der Waals surface area contributed by atoms with Gasteiger partial charge in [-0.25, -0.2) is 9.78 Å². The number of alkyl carbamates (subject to hydrolysis) is 1. The summed E-state index contributed by atoms with van der Waals surface area (Å²) in [7, 11) is 3.28. The van der Waals surface area contributed by atoms with Crippen LogP contribution in [0.15, 0.2) is 58.2 Å². The number of amides is 2. The van der Waals surface area contributed by atoms with Gasteiger partial charge in [-0.15, -0.1) is 0 Å². The van der Waals surface area contributed by atoms with Crippen molar-refractivity contribution in [2.45, 2.75) is 115 Å². The number of hydrogen-bond donors (Lipinski definition) is 2. The number of aromatic nitrogens is 2. The van der Waals surface area contributed by atoms with E-state index in [9.17, 15) is 19.2 Å². The summed E-state index contributed by atoms with van der Waals surface area (Å²) in [6, 6.07) is 15.6. The molecule has 0 saturated heterocycles. The summed E-state index contributed by atoms with van der Waals surface area (Å²) in [4.78, 5) is 57.8. The third-order valence-electron chi connectivity index (χ3n) is 14.1. The van der Waals surface area contributed by atoms with Crippen LogP contribution in [0.2, 0.25) is 0 Å². The average Bonchev–Trinajstić information content (AvgIpc) is 1.63. The predicted molar refractivity (Wildman–Crippen MR) is 324 cm³/mol. The third kappa shape index (κ3) is 22.5. The molecule has 1 atom stereocenters. The monoisotopic (exact) mass is 1210 g/mol. The lowest BCUT2D eigenvalue weighted by atomic mass is 9.76. The van der Waals surface area contributed by atoms with E-state index in [1.807, 2.05) is 62.4 Å². The van der Waals surface area contributed by atoms with Gasteiger partial charge in [0.2, 0.25) is 5.91 Å². The Bertz CT molecular complexity index is 2710. The van der Waals surface area contributed by atoms with Gasteiger partial charge in [0.25, 0.3) is 5.56 Å². The van der Waals surface area contributed by atoms with E-state index in [0.29, 0.717) is 169 Å². The quantitative estimate of drug-likeness (QED) is 0.0212. The normalized spacial score (nSPS) is 14.6. The van der Waals surface area contributed by atoms with Gasteiger partial charge in [0.15, 0.2) is 0 Å². The van der Waals surface area contributed by atoms with Crippen molar-refractivity contribution in [1.29, 1.82) is 0 Å². The van der Waals surface area contributed by atoms with Gasteiger partial charge in [-0.05, 0) is 105 Å². The van der Waals surface area contributed by atoms with Crippen LogP contribution in [0.4, 0.5) is 4.79 Å². The second kappa shape index (κ2) is 37.0. The molecule has 2 aromatic heterocycles. The highest BCUT2D eigenvalue weighted by molar-refractivity contribution is 8.77. The van der Waals surface area contributed by atoms with Crippen molar-refractivity contribution in [2.24, 2.45) is 5.92 Å².